The van der Waals surface area contributed by atoms with E-state index in [0.717, 1.165) is 37.7 Å². The Morgan fingerprint density at radius 3 is 1.97 bits per heavy atom. The predicted molar refractivity (Wildman–Crippen MR) is 138 cm³/mol. The number of benzene rings is 2. The van der Waals surface area contributed by atoms with Crippen molar-refractivity contribution in [3.63, 3.8) is 0 Å². The van der Waals surface area contributed by atoms with Crippen molar-refractivity contribution in [3.8, 4) is 5.75 Å². The average molecular weight is 439 g/mol. The molecule has 0 aliphatic carbocycles. The van der Waals surface area contributed by atoms with Crippen molar-refractivity contribution in [2.75, 3.05) is 0 Å². The molecule has 0 saturated heterocycles. The van der Waals surface area contributed by atoms with E-state index in [9.17, 15) is 10.2 Å². The second kappa shape index (κ2) is 11.4. The van der Waals surface area contributed by atoms with E-state index in [2.05, 4.69) is 71.9 Å². The van der Waals surface area contributed by atoms with Gasteiger partial charge in [0.25, 0.3) is 0 Å². The topological polar surface area (TPSA) is 40.5 Å². The molecule has 2 N–H and O–H groups in total. The maximum absolute atomic E-state index is 10.9. The first-order valence-corrected chi connectivity index (χ1v) is 12.7. The van der Waals surface area contributed by atoms with Gasteiger partial charge in [-0.3, -0.25) is 0 Å². The first-order valence-electron chi connectivity index (χ1n) is 12.7. The number of aliphatic hydroxyl groups is 1. The van der Waals surface area contributed by atoms with E-state index in [1.165, 1.54) is 41.5 Å². The van der Waals surface area contributed by atoms with Crippen LogP contribution in [-0.2, 0) is 11.8 Å². The Morgan fingerprint density at radius 2 is 1.44 bits per heavy atom. The van der Waals surface area contributed by atoms with Gasteiger partial charge in [-0.05, 0) is 85.3 Å². The molecule has 0 amide bonds. The summed E-state index contributed by atoms with van der Waals surface area (Å²) >= 11 is 0. The number of hydrogen-bond donors (Lipinski definition) is 2. The fourth-order valence-electron chi connectivity index (χ4n) is 5.14. The highest BCUT2D eigenvalue weighted by Crippen LogP contribution is 2.41. The van der Waals surface area contributed by atoms with Gasteiger partial charge in [-0.15, -0.1) is 0 Å². The normalized spacial score (nSPS) is 13.4. The van der Waals surface area contributed by atoms with Gasteiger partial charge in [0, 0.05) is 5.41 Å². The second-order valence-corrected chi connectivity index (χ2v) is 10.4. The van der Waals surface area contributed by atoms with Crippen LogP contribution in [0.2, 0.25) is 0 Å². The van der Waals surface area contributed by atoms with E-state index in [1.54, 1.807) is 0 Å². The Hall–Kier alpha value is -1.80. The lowest BCUT2D eigenvalue weighted by molar-refractivity contribution is 0.0357. The van der Waals surface area contributed by atoms with Crippen LogP contribution in [0, 0.1) is 19.3 Å². The molecule has 32 heavy (non-hydrogen) atoms. The molecule has 0 bridgehead atoms. The zero-order valence-corrected chi connectivity index (χ0v) is 21.6. The van der Waals surface area contributed by atoms with Gasteiger partial charge in [0.05, 0.1) is 6.10 Å². The summed E-state index contributed by atoms with van der Waals surface area (Å²) in [6.45, 7) is 15.3. The van der Waals surface area contributed by atoms with Gasteiger partial charge in [-0.25, -0.2) is 0 Å². The van der Waals surface area contributed by atoms with Crippen LogP contribution in [0.25, 0.3) is 0 Å². The molecule has 178 valence electrons. The maximum atomic E-state index is 10.9. The van der Waals surface area contributed by atoms with Crippen molar-refractivity contribution in [1.29, 1.82) is 0 Å². The molecule has 0 aromatic heterocycles. The molecule has 1 unspecified atom stereocenters. The van der Waals surface area contributed by atoms with E-state index in [1.807, 2.05) is 13.0 Å². The van der Waals surface area contributed by atoms with Crippen LogP contribution in [0.15, 0.2) is 36.4 Å². The Morgan fingerprint density at radius 1 is 0.844 bits per heavy atom. The summed E-state index contributed by atoms with van der Waals surface area (Å²) in [5.41, 5.74) is 6.10. The summed E-state index contributed by atoms with van der Waals surface area (Å²) in [6, 6.07) is 13.0. The van der Waals surface area contributed by atoms with Crippen molar-refractivity contribution < 1.29 is 10.2 Å². The number of rotatable bonds is 12. The van der Waals surface area contributed by atoms with Gasteiger partial charge >= 0.3 is 0 Å². The smallest absolute Gasteiger partial charge is 0.118 e. The van der Waals surface area contributed by atoms with Gasteiger partial charge < -0.3 is 10.2 Å². The van der Waals surface area contributed by atoms with Gasteiger partial charge in [-0.1, -0.05) is 84.2 Å². The fraction of sp³-hybridized carbons (Fsp3) is 0.600. The zero-order valence-electron chi connectivity index (χ0n) is 21.6. The van der Waals surface area contributed by atoms with Crippen LogP contribution in [0.3, 0.4) is 0 Å². The molecule has 2 rings (SSSR count). The Bertz CT molecular complexity index is 861. The quantitative estimate of drug-likeness (QED) is 0.329. The molecule has 2 heteroatoms. The highest BCUT2D eigenvalue weighted by molar-refractivity contribution is 5.46. The molecule has 2 aromatic rings. The van der Waals surface area contributed by atoms with Gasteiger partial charge in [0.1, 0.15) is 5.75 Å². The summed E-state index contributed by atoms with van der Waals surface area (Å²) in [6.07, 6.45) is 8.21. The molecule has 0 radical (unpaired) electrons. The third-order valence-corrected chi connectivity index (χ3v) is 7.87. The monoisotopic (exact) mass is 438 g/mol. The Balaban J connectivity index is 2.21. The number of aryl methyl sites for hydroxylation is 3. The van der Waals surface area contributed by atoms with Crippen molar-refractivity contribution in [3.05, 3.63) is 64.2 Å². The lowest BCUT2D eigenvalue weighted by Crippen LogP contribution is -2.30. The van der Waals surface area contributed by atoms with Crippen molar-refractivity contribution in [1.82, 2.24) is 0 Å². The standard InChI is InChI=1S/C30H46O2/c1-8-11-12-19-29(6,7)28(32)18-14-24-13-15-25(20-22(24)4)30(9-2,10-3)26-16-17-27(31)23(5)21-26/h13,15-17,20-21,28,31-32H,8-12,14,18-19H2,1-7H3. The first kappa shape index (κ1) is 26.5. The largest absolute Gasteiger partial charge is 0.508 e. The molecule has 0 spiro atoms. The minimum atomic E-state index is -0.274. The third-order valence-electron chi connectivity index (χ3n) is 7.87. The second-order valence-electron chi connectivity index (χ2n) is 10.4. The molecule has 0 aliphatic heterocycles. The SMILES string of the molecule is CCCCCC(C)(C)C(O)CCc1ccc(C(CC)(CC)c2ccc(O)c(C)c2)cc1C. The Kier molecular flexibility index (Phi) is 9.40. The van der Waals surface area contributed by atoms with Crippen molar-refractivity contribution >= 4 is 0 Å². The zero-order chi connectivity index (χ0) is 23.9. The number of aliphatic hydroxyl groups excluding tert-OH is 1. The van der Waals surface area contributed by atoms with E-state index >= 15 is 0 Å². The van der Waals surface area contributed by atoms with Crippen LogP contribution < -0.4 is 0 Å². The molecule has 0 fully saturated rings. The summed E-state index contributed by atoms with van der Waals surface area (Å²) in [5.74, 6) is 0.359. The minimum absolute atomic E-state index is 0.0285. The highest BCUT2D eigenvalue weighted by atomic mass is 16.3. The predicted octanol–water partition coefficient (Wildman–Crippen LogP) is 8.02. The summed E-state index contributed by atoms with van der Waals surface area (Å²) in [4.78, 5) is 0. The lowest BCUT2D eigenvalue weighted by Gasteiger charge is -2.34. The molecular formula is C30H46O2. The molecule has 0 aliphatic rings. The van der Waals surface area contributed by atoms with E-state index < -0.39 is 0 Å². The molecule has 0 heterocycles. The number of phenolic OH excluding ortho intramolecular Hbond substituents is 1. The first-order chi connectivity index (χ1) is 15.1. The lowest BCUT2D eigenvalue weighted by atomic mass is 9.69. The molecule has 1 atom stereocenters. The highest BCUT2D eigenvalue weighted by Gasteiger charge is 2.32. The number of phenols is 1. The third kappa shape index (κ3) is 5.95. The summed E-state index contributed by atoms with van der Waals surface area (Å²) in [7, 11) is 0. The van der Waals surface area contributed by atoms with Gasteiger partial charge in [0.15, 0.2) is 0 Å². The van der Waals surface area contributed by atoms with Crippen LogP contribution >= 0.6 is 0 Å². The molecular weight excluding hydrogens is 392 g/mol. The van der Waals surface area contributed by atoms with Crippen LogP contribution in [0.1, 0.15) is 107 Å². The molecule has 2 nitrogen and oxygen atoms in total. The van der Waals surface area contributed by atoms with Crippen molar-refractivity contribution in [2.24, 2.45) is 5.41 Å². The van der Waals surface area contributed by atoms with E-state index in [4.69, 9.17) is 0 Å². The Labute approximate surface area is 197 Å². The minimum Gasteiger partial charge on any atom is -0.508 e. The van der Waals surface area contributed by atoms with Crippen LogP contribution in [-0.4, -0.2) is 16.3 Å². The van der Waals surface area contributed by atoms with Crippen LogP contribution in [0.5, 0.6) is 5.75 Å². The number of unbranched alkanes of at least 4 members (excludes halogenated alkanes) is 2. The summed E-state index contributed by atoms with van der Waals surface area (Å²) in [5, 5.41) is 20.9. The fourth-order valence-corrected chi connectivity index (χ4v) is 5.14. The van der Waals surface area contributed by atoms with Gasteiger partial charge in [-0.2, -0.15) is 0 Å². The van der Waals surface area contributed by atoms with Gasteiger partial charge in [0.2, 0.25) is 0 Å². The molecule has 2 aromatic carbocycles. The summed E-state index contributed by atoms with van der Waals surface area (Å²) < 4.78 is 0. The number of hydrogen-bond acceptors (Lipinski definition) is 2. The van der Waals surface area contributed by atoms with E-state index in [-0.39, 0.29) is 16.9 Å². The molecule has 0 saturated carbocycles. The maximum Gasteiger partial charge on any atom is 0.118 e. The number of aromatic hydroxyl groups is 1. The average Bonchev–Trinajstić information content (AvgIpc) is 2.76. The van der Waals surface area contributed by atoms with Crippen molar-refractivity contribution in [2.45, 2.75) is 111 Å². The van der Waals surface area contributed by atoms with E-state index in [0.29, 0.717) is 5.75 Å². The van der Waals surface area contributed by atoms with Crippen LogP contribution in [0.4, 0.5) is 0 Å².